The topological polar surface area (TPSA) is 103 Å². The number of nitrogens with two attached hydrogens (primary N) is 1. The summed E-state index contributed by atoms with van der Waals surface area (Å²) in [5, 5.41) is 2.86. The van der Waals surface area contributed by atoms with Crippen LogP contribution in [0, 0.1) is 0 Å². The summed E-state index contributed by atoms with van der Waals surface area (Å²) in [6.07, 6.45) is 2.41. The molecule has 0 spiro atoms. The Kier molecular flexibility index (Phi) is 4.37. The fourth-order valence-electron chi connectivity index (χ4n) is 2.67. The third-order valence-electron chi connectivity index (χ3n) is 3.90. The first-order chi connectivity index (χ1) is 11.6. The van der Waals surface area contributed by atoms with Gasteiger partial charge < -0.3 is 25.4 Å². The van der Waals surface area contributed by atoms with Gasteiger partial charge in [-0.25, -0.2) is 14.8 Å². The van der Waals surface area contributed by atoms with E-state index in [4.69, 9.17) is 15.2 Å². The van der Waals surface area contributed by atoms with Crippen molar-refractivity contribution >= 4 is 17.7 Å². The largest absolute Gasteiger partial charge is 0.493 e. The SMILES string of the molecule is COc1cccc(NC(=O)N2CCc3cnc(N)nc3C2)c1OC. The number of para-hydroxylation sites is 1. The molecule has 0 aliphatic carbocycles. The number of rotatable bonds is 3. The molecule has 0 saturated carbocycles. The second-order valence-corrected chi connectivity index (χ2v) is 5.34. The van der Waals surface area contributed by atoms with Crippen molar-refractivity contribution in [3.63, 3.8) is 0 Å². The first-order valence-electron chi connectivity index (χ1n) is 7.49. The van der Waals surface area contributed by atoms with Gasteiger partial charge in [-0.2, -0.15) is 0 Å². The second-order valence-electron chi connectivity index (χ2n) is 5.34. The molecule has 0 radical (unpaired) electrons. The Bertz CT molecular complexity index is 765. The van der Waals surface area contributed by atoms with E-state index in [0.717, 1.165) is 11.3 Å². The van der Waals surface area contributed by atoms with Gasteiger partial charge in [-0.05, 0) is 24.1 Å². The van der Waals surface area contributed by atoms with Crippen LogP contribution in [0.25, 0.3) is 0 Å². The van der Waals surface area contributed by atoms with Crippen LogP contribution < -0.4 is 20.5 Å². The molecule has 0 unspecified atom stereocenters. The molecule has 0 bridgehead atoms. The summed E-state index contributed by atoms with van der Waals surface area (Å²) < 4.78 is 10.6. The number of hydrogen-bond acceptors (Lipinski definition) is 6. The molecule has 3 rings (SSSR count). The first kappa shape index (κ1) is 15.9. The number of ether oxygens (including phenoxy) is 2. The standard InChI is InChI=1S/C16H19N5O3/c1-23-13-5-3-4-11(14(13)24-2)20-16(22)21-7-6-10-8-18-15(17)19-12(10)9-21/h3-5,8H,6-7,9H2,1-2H3,(H,20,22)(H2,17,18,19). The van der Waals surface area contributed by atoms with Crippen molar-refractivity contribution in [1.82, 2.24) is 14.9 Å². The zero-order valence-electron chi connectivity index (χ0n) is 13.6. The minimum atomic E-state index is -0.232. The van der Waals surface area contributed by atoms with Crippen LogP contribution in [-0.4, -0.2) is 41.7 Å². The van der Waals surface area contributed by atoms with Gasteiger partial charge >= 0.3 is 6.03 Å². The number of benzene rings is 1. The molecule has 1 aromatic heterocycles. The van der Waals surface area contributed by atoms with Gasteiger partial charge in [-0.15, -0.1) is 0 Å². The highest BCUT2D eigenvalue weighted by Gasteiger charge is 2.23. The van der Waals surface area contributed by atoms with E-state index in [9.17, 15) is 4.79 Å². The van der Waals surface area contributed by atoms with Crippen molar-refractivity contribution in [1.29, 1.82) is 0 Å². The molecule has 8 heteroatoms. The predicted molar refractivity (Wildman–Crippen MR) is 89.1 cm³/mol. The summed E-state index contributed by atoms with van der Waals surface area (Å²) in [5.41, 5.74) is 7.98. The number of amides is 2. The molecule has 2 amide bonds. The lowest BCUT2D eigenvalue weighted by Crippen LogP contribution is -2.39. The Morgan fingerprint density at radius 1 is 1.33 bits per heavy atom. The number of methoxy groups -OCH3 is 2. The molecule has 1 aromatic carbocycles. The van der Waals surface area contributed by atoms with Crippen molar-refractivity contribution < 1.29 is 14.3 Å². The number of urea groups is 1. The summed E-state index contributed by atoms with van der Waals surface area (Å²) in [6.45, 7) is 0.971. The average Bonchev–Trinajstić information content (AvgIpc) is 2.60. The van der Waals surface area contributed by atoms with E-state index in [-0.39, 0.29) is 12.0 Å². The summed E-state index contributed by atoms with van der Waals surface area (Å²) in [6, 6.07) is 5.09. The van der Waals surface area contributed by atoms with E-state index in [1.807, 2.05) is 0 Å². The van der Waals surface area contributed by atoms with Crippen molar-refractivity contribution in [2.24, 2.45) is 0 Å². The maximum absolute atomic E-state index is 12.6. The van der Waals surface area contributed by atoms with Crippen molar-refractivity contribution in [2.45, 2.75) is 13.0 Å². The zero-order valence-corrected chi connectivity index (χ0v) is 13.6. The van der Waals surface area contributed by atoms with Crippen LogP contribution in [0.15, 0.2) is 24.4 Å². The summed E-state index contributed by atoms with van der Waals surface area (Å²) in [4.78, 5) is 22.5. The second kappa shape index (κ2) is 6.61. The third-order valence-corrected chi connectivity index (χ3v) is 3.90. The fourth-order valence-corrected chi connectivity index (χ4v) is 2.67. The number of nitrogens with one attached hydrogen (secondary N) is 1. The first-order valence-corrected chi connectivity index (χ1v) is 7.49. The summed E-state index contributed by atoms with van der Waals surface area (Å²) >= 11 is 0. The molecule has 126 valence electrons. The molecule has 1 aliphatic heterocycles. The number of carbonyl (C=O) groups is 1. The Hall–Kier alpha value is -3.03. The Balaban J connectivity index is 1.77. The summed E-state index contributed by atoms with van der Waals surface area (Å²) in [7, 11) is 3.08. The fraction of sp³-hybridized carbons (Fsp3) is 0.312. The lowest BCUT2D eigenvalue weighted by molar-refractivity contribution is 0.205. The van der Waals surface area contributed by atoms with Crippen LogP contribution in [0.2, 0.25) is 0 Å². The molecule has 24 heavy (non-hydrogen) atoms. The molecular formula is C16H19N5O3. The van der Waals surface area contributed by atoms with E-state index >= 15 is 0 Å². The minimum absolute atomic E-state index is 0.213. The molecule has 2 heterocycles. The molecule has 8 nitrogen and oxygen atoms in total. The van der Waals surface area contributed by atoms with Crippen molar-refractivity contribution in [3.8, 4) is 11.5 Å². The Morgan fingerprint density at radius 3 is 2.92 bits per heavy atom. The predicted octanol–water partition coefficient (Wildman–Crippen LogP) is 1.67. The van der Waals surface area contributed by atoms with Crippen LogP contribution in [0.3, 0.4) is 0 Å². The maximum atomic E-state index is 12.6. The third kappa shape index (κ3) is 3.03. The molecule has 0 fully saturated rings. The van der Waals surface area contributed by atoms with Gasteiger partial charge in [0.15, 0.2) is 11.5 Å². The van der Waals surface area contributed by atoms with Gasteiger partial charge in [0.25, 0.3) is 0 Å². The van der Waals surface area contributed by atoms with Crippen molar-refractivity contribution in [3.05, 3.63) is 35.7 Å². The lowest BCUT2D eigenvalue weighted by Gasteiger charge is -2.28. The van der Waals surface area contributed by atoms with E-state index < -0.39 is 0 Å². The summed E-state index contributed by atoms with van der Waals surface area (Å²) in [5.74, 6) is 1.25. The zero-order chi connectivity index (χ0) is 17.1. The highest BCUT2D eigenvalue weighted by Crippen LogP contribution is 2.35. The van der Waals surface area contributed by atoms with Gasteiger partial charge in [0.1, 0.15) is 0 Å². The molecule has 2 aromatic rings. The minimum Gasteiger partial charge on any atom is -0.493 e. The number of fused-ring (bicyclic) bond motifs is 1. The number of aromatic nitrogens is 2. The highest BCUT2D eigenvalue weighted by molar-refractivity contribution is 5.91. The van der Waals surface area contributed by atoms with Gasteiger partial charge in [0.05, 0.1) is 32.1 Å². The van der Waals surface area contributed by atoms with E-state index in [1.165, 1.54) is 7.11 Å². The van der Waals surface area contributed by atoms with Crippen LogP contribution >= 0.6 is 0 Å². The average molecular weight is 329 g/mol. The van der Waals surface area contributed by atoms with Crippen LogP contribution in [0.1, 0.15) is 11.3 Å². The molecule has 3 N–H and O–H groups in total. The van der Waals surface area contributed by atoms with Crippen LogP contribution in [0.5, 0.6) is 11.5 Å². The lowest BCUT2D eigenvalue weighted by atomic mass is 10.1. The number of carbonyl (C=O) groups excluding carboxylic acids is 1. The molecular weight excluding hydrogens is 310 g/mol. The Labute approximate surface area is 139 Å². The highest BCUT2D eigenvalue weighted by atomic mass is 16.5. The number of hydrogen-bond donors (Lipinski definition) is 2. The molecule has 0 saturated heterocycles. The molecule has 0 atom stereocenters. The molecule has 1 aliphatic rings. The maximum Gasteiger partial charge on any atom is 0.322 e. The number of anilines is 2. The van der Waals surface area contributed by atoms with E-state index in [1.54, 1.807) is 36.4 Å². The van der Waals surface area contributed by atoms with Gasteiger partial charge in [0, 0.05) is 12.7 Å². The van der Waals surface area contributed by atoms with E-state index in [0.29, 0.717) is 36.7 Å². The number of nitrogens with zero attached hydrogens (tertiary/aromatic N) is 3. The quantitative estimate of drug-likeness (QED) is 0.888. The smallest absolute Gasteiger partial charge is 0.322 e. The monoisotopic (exact) mass is 329 g/mol. The van der Waals surface area contributed by atoms with Gasteiger partial charge in [-0.1, -0.05) is 6.07 Å². The van der Waals surface area contributed by atoms with Gasteiger partial charge in [0.2, 0.25) is 5.95 Å². The Morgan fingerprint density at radius 2 is 2.17 bits per heavy atom. The van der Waals surface area contributed by atoms with Crippen molar-refractivity contribution in [2.75, 3.05) is 31.8 Å². The van der Waals surface area contributed by atoms with Crippen LogP contribution in [0.4, 0.5) is 16.4 Å². The van der Waals surface area contributed by atoms with Crippen LogP contribution in [-0.2, 0) is 13.0 Å². The number of nitrogen functional groups attached to an aromatic ring is 1. The van der Waals surface area contributed by atoms with E-state index in [2.05, 4.69) is 15.3 Å². The normalized spacial score (nSPS) is 13.2. The van der Waals surface area contributed by atoms with Gasteiger partial charge in [-0.3, -0.25) is 0 Å².